The molecule has 3 heterocycles. The van der Waals surface area contributed by atoms with Crippen molar-refractivity contribution in [2.24, 2.45) is 0 Å². The molecule has 1 aliphatic heterocycles. The molecule has 150 valence electrons. The van der Waals surface area contributed by atoms with E-state index < -0.39 is 0 Å². The van der Waals surface area contributed by atoms with Gasteiger partial charge in [0.1, 0.15) is 13.2 Å². The van der Waals surface area contributed by atoms with E-state index in [9.17, 15) is 4.79 Å². The van der Waals surface area contributed by atoms with Crippen LogP contribution in [0.25, 0.3) is 16.9 Å². The van der Waals surface area contributed by atoms with Gasteiger partial charge in [0, 0.05) is 17.3 Å². The highest BCUT2D eigenvalue weighted by atomic mass is 32.2. The number of hydrogen-bond donors (Lipinski definition) is 1. The van der Waals surface area contributed by atoms with Gasteiger partial charge in [-0.25, -0.2) is 0 Å². The molecule has 0 unspecified atom stereocenters. The lowest BCUT2D eigenvalue weighted by Crippen LogP contribution is -2.17. The highest BCUT2D eigenvalue weighted by molar-refractivity contribution is 7.99. The van der Waals surface area contributed by atoms with E-state index in [0.29, 0.717) is 41.2 Å². The monoisotopic (exact) mass is 419 g/mol. The molecule has 5 rings (SSSR count). The van der Waals surface area contributed by atoms with E-state index in [1.54, 1.807) is 22.7 Å². The third-order valence-electron chi connectivity index (χ3n) is 4.46. The topological polar surface area (TPSA) is 90.6 Å². The van der Waals surface area contributed by atoms with Crippen molar-refractivity contribution in [2.75, 3.05) is 24.3 Å². The summed E-state index contributed by atoms with van der Waals surface area (Å²) in [5.74, 6) is 1.33. The molecule has 2 aromatic carbocycles. The Kier molecular flexibility index (Phi) is 4.94. The molecule has 0 fully saturated rings. The van der Waals surface area contributed by atoms with Gasteiger partial charge in [0.2, 0.25) is 11.1 Å². The number of anilines is 1. The van der Waals surface area contributed by atoms with E-state index in [1.807, 2.05) is 42.5 Å². The van der Waals surface area contributed by atoms with Crippen LogP contribution in [-0.2, 0) is 4.79 Å². The van der Waals surface area contributed by atoms with Crippen molar-refractivity contribution in [1.82, 2.24) is 19.8 Å². The molecular formula is C21H17N5O3S. The SMILES string of the molecule is O=C(CSc1nnc2ccc(-c3ccccc3)nn12)Nc1ccc2c(c1)OCCO2. The molecule has 0 saturated carbocycles. The van der Waals surface area contributed by atoms with Crippen LogP contribution < -0.4 is 14.8 Å². The van der Waals surface area contributed by atoms with Crippen LogP contribution in [0.15, 0.2) is 65.8 Å². The van der Waals surface area contributed by atoms with Gasteiger partial charge in [-0.1, -0.05) is 42.1 Å². The molecule has 8 nitrogen and oxygen atoms in total. The second-order valence-electron chi connectivity index (χ2n) is 6.53. The first-order chi connectivity index (χ1) is 14.8. The van der Waals surface area contributed by atoms with Gasteiger partial charge < -0.3 is 14.8 Å². The summed E-state index contributed by atoms with van der Waals surface area (Å²) in [6.45, 7) is 1.03. The van der Waals surface area contributed by atoms with Gasteiger partial charge in [0.25, 0.3) is 0 Å². The zero-order valence-corrected chi connectivity index (χ0v) is 16.6. The molecule has 0 saturated heterocycles. The maximum Gasteiger partial charge on any atom is 0.234 e. The lowest BCUT2D eigenvalue weighted by molar-refractivity contribution is -0.113. The first-order valence-electron chi connectivity index (χ1n) is 9.36. The van der Waals surface area contributed by atoms with E-state index >= 15 is 0 Å². The van der Waals surface area contributed by atoms with Crippen LogP contribution in [0.5, 0.6) is 11.5 Å². The van der Waals surface area contributed by atoms with Crippen LogP contribution in [-0.4, -0.2) is 44.7 Å². The van der Waals surface area contributed by atoms with Crippen molar-refractivity contribution in [2.45, 2.75) is 5.16 Å². The quantitative estimate of drug-likeness (QED) is 0.496. The van der Waals surface area contributed by atoms with Crippen molar-refractivity contribution in [3.8, 4) is 22.8 Å². The largest absolute Gasteiger partial charge is 0.486 e. The van der Waals surface area contributed by atoms with Gasteiger partial charge in [-0.2, -0.15) is 9.61 Å². The predicted molar refractivity (Wildman–Crippen MR) is 113 cm³/mol. The summed E-state index contributed by atoms with van der Waals surface area (Å²) >= 11 is 1.28. The molecule has 0 atom stereocenters. The number of rotatable bonds is 5. The summed E-state index contributed by atoms with van der Waals surface area (Å²) < 4.78 is 12.7. The highest BCUT2D eigenvalue weighted by Gasteiger charge is 2.14. The van der Waals surface area contributed by atoms with Crippen LogP contribution in [0, 0.1) is 0 Å². The Hall–Kier alpha value is -3.59. The molecule has 0 aliphatic carbocycles. The molecular weight excluding hydrogens is 402 g/mol. The van der Waals surface area contributed by atoms with Crippen LogP contribution in [0.3, 0.4) is 0 Å². The smallest absolute Gasteiger partial charge is 0.234 e. The van der Waals surface area contributed by atoms with Crippen molar-refractivity contribution in [1.29, 1.82) is 0 Å². The Labute approximate surface area is 176 Å². The Morgan fingerprint density at radius 3 is 2.70 bits per heavy atom. The molecule has 0 bridgehead atoms. The predicted octanol–water partition coefficient (Wildman–Crippen LogP) is 3.29. The van der Waals surface area contributed by atoms with E-state index in [4.69, 9.17) is 9.47 Å². The standard InChI is InChI=1S/C21H17N5O3S/c27-20(22-15-6-8-17-18(12-15)29-11-10-28-17)13-30-21-24-23-19-9-7-16(25-26(19)21)14-4-2-1-3-5-14/h1-9,12H,10-11,13H2,(H,22,27). The number of thioether (sulfide) groups is 1. The van der Waals surface area contributed by atoms with Crippen molar-refractivity contribution >= 4 is 29.0 Å². The third kappa shape index (κ3) is 3.79. The lowest BCUT2D eigenvalue weighted by atomic mass is 10.1. The first-order valence-corrected chi connectivity index (χ1v) is 10.3. The number of fused-ring (bicyclic) bond motifs is 2. The van der Waals surface area contributed by atoms with Gasteiger partial charge in [-0.05, 0) is 24.3 Å². The van der Waals surface area contributed by atoms with Gasteiger partial charge in [-0.15, -0.1) is 10.2 Å². The summed E-state index contributed by atoms with van der Waals surface area (Å²) in [6, 6.07) is 19.0. The van der Waals surface area contributed by atoms with Crippen LogP contribution in [0.4, 0.5) is 5.69 Å². The average molecular weight is 419 g/mol. The number of benzene rings is 2. The van der Waals surface area contributed by atoms with E-state index in [0.717, 1.165) is 11.3 Å². The molecule has 1 N–H and O–H groups in total. The Bertz CT molecular complexity index is 1210. The minimum Gasteiger partial charge on any atom is -0.486 e. The number of nitrogens with one attached hydrogen (secondary N) is 1. The molecule has 1 aliphatic rings. The van der Waals surface area contributed by atoms with Crippen LogP contribution in [0.1, 0.15) is 0 Å². The summed E-state index contributed by atoms with van der Waals surface area (Å²) in [6.07, 6.45) is 0. The molecule has 0 spiro atoms. The molecule has 0 radical (unpaired) electrons. The Balaban J connectivity index is 1.28. The Morgan fingerprint density at radius 1 is 1.00 bits per heavy atom. The van der Waals surface area contributed by atoms with Gasteiger partial charge in [-0.3, -0.25) is 4.79 Å². The second kappa shape index (κ2) is 8.03. The zero-order valence-electron chi connectivity index (χ0n) is 15.8. The van der Waals surface area contributed by atoms with Crippen molar-refractivity contribution < 1.29 is 14.3 Å². The van der Waals surface area contributed by atoms with Gasteiger partial charge in [0.05, 0.1) is 11.4 Å². The molecule has 1 amide bonds. The fourth-order valence-electron chi connectivity index (χ4n) is 3.07. The Morgan fingerprint density at radius 2 is 1.83 bits per heavy atom. The van der Waals surface area contributed by atoms with Crippen molar-refractivity contribution in [3.63, 3.8) is 0 Å². The minimum absolute atomic E-state index is 0.160. The van der Waals surface area contributed by atoms with E-state index in [1.165, 1.54) is 11.8 Å². The number of hydrogen-bond acceptors (Lipinski definition) is 7. The van der Waals surface area contributed by atoms with Gasteiger partial charge in [0.15, 0.2) is 17.1 Å². The zero-order chi connectivity index (χ0) is 20.3. The first kappa shape index (κ1) is 18.4. The number of amides is 1. The van der Waals surface area contributed by atoms with E-state index in [2.05, 4.69) is 20.6 Å². The molecule has 30 heavy (non-hydrogen) atoms. The highest BCUT2D eigenvalue weighted by Crippen LogP contribution is 2.32. The molecule has 9 heteroatoms. The fraction of sp³-hybridized carbons (Fsp3) is 0.143. The number of carbonyl (C=O) groups is 1. The third-order valence-corrected chi connectivity index (χ3v) is 5.38. The summed E-state index contributed by atoms with van der Waals surface area (Å²) in [7, 11) is 0. The van der Waals surface area contributed by atoms with Gasteiger partial charge >= 0.3 is 0 Å². The second-order valence-corrected chi connectivity index (χ2v) is 7.47. The fourth-order valence-corrected chi connectivity index (χ4v) is 3.76. The summed E-state index contributed by atoms with van der Waals surface area (Å²) in [5, 5.41) is 16.3. The lowest BCUT2D eigenvalue weighted by Gasteiger charge is -2.18. The minimum atomic E-state index is -0.160. The van der Waals surface area contributed by atoms with Crippen molar-refractivity contribution in [3.05, 3.63) is 60.7 Å². The number of nitrogens with zero attached hydrogens (tertiary/aromatic N) is 4. The summed E-state index contributed by atoms with van der Waals surface area (Å²) in [5.41, 5.74) is 3.09. The molecule has 4 aromatic rings. The van der Waals surface area contributed by atoms with Crippen LogP contribution in [0.2, 0.25) is 0 Å². The summed E-state index contributed by atoms with van der Waals surface area (Å²) in [4.78, 5) is 12.4. The van der Waals surface area contributed by atoms with E-state index in [-0.39, 0.29) is 11.7 Å². The number of carbonyl (C=O) groups excluding carboxylic acids is 1. The normalized spacial score (nSPS) is 12.7. The van der Waals surface area contributed by atoms with Crippen LogP contribution >= 0.6 is 11.8 Å². The maximum absolute atomic E-state index is 12.4. The average Bonchev–Trinajstić information content (AvgIpc) is 3.20. The molecule has 2 aromatic heterocycles. The number of aromatic nitrogens is 4. The number of ether oxygens (including phenoxy) is 2. The maximum atomic E-state index is 12.4.